The number of carbonyl (C=O) groups excluding carboxylic acids is 1. The smallest absolute Gasteiger partial charge is 0.318 e. The molecule has 1 N–H and O–H groups in total. The Morgan fingerprint density at radius 1 is 0.933 bits per heavy atom. The van der Waals surface area contributed by atoms with Crippen LogP contribution in [0.4, 0.5) is 6.01 Å². The molecular formula is C24H28N4O2. The van der Waals surface area contributed by atoms with Crippen molar-refractivity contribution < 1.29 is 9.21 Å². The predicted octanol–water partition coefficient (Wildman–Crippen LogP) is 4.70. The van der Waals surface area contributed by atoms with E-state index in [-0.39, 0.29) is 5.91 Å². The first-order valence-electron chi connectivity index (χ1n) is 10.7. The Bertz CT molecular complexity index is 960. The van der Waals surface area contributed by atoms with E-state index in [4.69, 9.17) is 4.42 Å². The molecule has 6 heteroatoms. The van der Waals surface area contributed by atoms with Crippen LogP contribution in [0.5, 0.6) is 0 Å². The van der Waals surface area contributed by atoms with E-state index in [1.165, 1.54) is 12.0 Å². The van der Waals surface area contributed by atoms with Gasteiger partial charge >= 0.3 is 6.01 Å². The molecule has 0 aliphatic carbocycles. The lowest BCUT2D eigenvalue weighted by molar-refractivity contribution is 0.0938. The molecule has 156 valence electrons. The lowest BCUT2D eigenvalue weighted by Gasteiger charge is -2.24. The molecule has 1 saturated heterocycles. The van der Waals surface area contributed by atoms with E-state index >= 15 is 0 Å². The molecule has 1 aromatic heterocycles. The third-order valence-electron chi connectivity index (χ3n) is 5.55. The topological polar surface area (TPSA) is 71.3 Å². The number of nitrogens with zero attached hydrogens (tertiary/aromatic N) is 3. The number of aromatic nitrogens is 2. The van der Waals surface area contributed by atoms with Crippen LogP contribution < -0.4 is 10.2 Å². The van der Waals surface area contributed by atoms with Crippen LogP contribution in [-0.2, 0) is 0 Å². The highest BCUT2D eigenvalue weighted by molar-refractivity contribution is 5.94. The Balaban J connectivity index is 1.58. The number of anilines is 1. The number of hydrogen-bond acceptors (Lipinski definition) is 5. The van der Waals surface area contributed by atoms with Crippen LogP contribution in [0, 0.1) is 0 Å². The number of carbonyl (C=O) groups is 1. The fraction of sp³-hybridized carbons (Fsp3) is 0.375. The highest BCUT2D eigenvalue weighted by Gasteiger charge is 2.25. The molecule has 0 spiro atoms. The highest BCUT2D eigenvalue weighted by Crippen LogP contribution is 2.26. The van der Waals surface area contributed by atoms with Crippen molar-refractivity contribution in [3.63, 3.8) is 0 Å². The van der Waals surface area contributed by atoms with Crippen molar-refractivity contribution in [1.29, 1.82) is 0 Å². The van der Waals surface area contributed by atoms with Gasteiger partial charge < -0.3 is 14.6 Å². The van der Waals surface area contributed by atoms with Crippen molar-refractivity contribution in [1.82, 2.24) is 15.5 Å². The molecule has 6 nitrogen and oxygen atoms in total. The van der Waals surface area contributed by atoms with Gasteiger partial charge in [0.2, 0.25) is 5.89 Å². The monoisotopic (exact) mass is 404 g/mol. The first kappa shape index (κ1) is 20.1. The zero-order valence-corrected chi connectivity index (χ0v) is 17.5. The zero-order chi connectivity index (χ0) is 20.9. The number of benzene rings is 2. The van der Waals surface area contributed by atoms with Crippen LogP contribution in [0.25, 0.3) is 0 Å². The van der Waals surface area contributed by atoms with Crippen molar-refractivity contribution in [2.24, 2.45) is 0 Å². The van der Waals surface area contributed by atoms with E-state index in [1.807, 2.05) is 54.6 Å². The maximum absolute atomic E-state index is 13.0. The Kier molecular flexibility index (Phi) is 6.12. The van der Waals surface area contributed by atoms with Crippen LogP contribution in [-0.4, -0.2) is 29.2 Å². The second-order valence-corrected chi connectivity index (χ2v) is 8.06. The summed E-state index contributed by atoms with van der Waals surface area (Å²) < 4.78 is 6.02. The van der Waals surface area contributed by atoms with Crippen LogP contribution >= 0.6 is 0 Å². The summed E-state index contributed by atoms with van der Waals surface area (Å²) in [6, 6.07) is 17.5. The summed E-state index contributed by atoms with van der Waals surface area (Å²) in [6.07, 6.45) is 3.49. The van der Waals surface area contributed by atoms with Crippen molar-refractivity contribution in [3.8, 4) is 0 Å². The molecule has 2 heterocycles. The third-order valence-corrected chi connectivity index (χ3v) is 5.55. The number of amides is 1. The van der Waals surface area contributed by atoms with Crippen LogP contribution in [0.2, 0.25) is 0 Å². The molecule has 30 heavy (non-hydrogen) atoms. The fourth-order valence-corrected chi connectivity index (χ4v) is 3.72. The Labute approximate surface area is 177 Å². The summed E-state index contributed by atoms with van der Waals surface area (Å²) in [6.45, 7) is 6.12. The number of rotatable bonds is 6. The molecule has 3 aromatic rings. The predicted molar refractivity (Wildman–Crippen MR) is 117 cm³/mol. The van der Waals surface area contributed by atoms with E-state index in [1.54, 1.807) is 0 Å². The third kappa shape index (κ3) is 4.53. The van der Waals surface area contributed by atoms with Gasteiger partial charge in [0.1, 0.15) is 6.04 Å². The summed E-state index contributed by atoms with van der Waals surface area (Å²) in [5, 5.41) is 11.6. The standard InChI is InChI=1S/C24H28N4O2/c1-17(2)18-11-13-20(14-12-18)22(29)25-21(19-9-5-3-6-10-19)23-26-27-24(30-23)28-15-7-4-8-16-28/h3,5-6,9-14,17,21H,4,7-8,15-16H2,1-2H3,(H,25,29)/t21-/m0/s1. The van der Waals surface area contributed by atoms with Crippen molar-refractivity contribution in [3.05, 3.63) is 77.2 Å². The van der Waals surface area contributed by atoms with Gasteiger partial charge in [0.15, 0.2) is 0 Å². The molecule has 1 amide bonds. The van der Waals surface area contributed by atoms with Crippen molar-refractivity contribution >= 4 is 11.9 Å². The number of hydrogen-bond donors (Lipinski definition) is 1. The van der Waals surface area contributed by atoms with Crippen molar-refractivity contribution in [2.75, 3.05) is 18.0 Å². The van der Waals surface area contributed by atoms with Gasteiger partial charge in [0.05, 0.1) is 0 Å². The van der Waals surface area contributed by atoms with E-state index < -0.39 is 6.04 Å². The lowest BCUT2D eigenvalue weighted by Crippen LogP contribution is -2.30. The Hall–Kier alpha value is -3.15. The van der Waals surface area contributed by atoms with Gasteiger partial charge in [-0.3, -0.25) is 4.79 Å². The molecule has 1 atom stereocenters. The van der Waals surface area contributed by atoms with Crippen molar-refractivity contribution in [2.45, 2.75) is 45.1 Å². The Morgan fingerprint density at radius 3 is 2.30 bits per heavy atom. The van der Waals surface area contributed by atoms with E-state index in [0.717, 1.165) is 31.5 Å². The molecule has 1 fully saturated rings. The average molecular weight is 405 g/mol. The summed E-state index contributed by atoms with van der Waals surface area (Å²) in [5.41, 5.74) is 2.71. The molecule has 0 bridgehead atoms. The second-order valence-electron chi connectivity index (χ2n) is 8.06. The minimum atomic E-state index is -0.505. The Morgan fingerprint density at radius 2 is 1.63 bits per heavy atom. The summed E-state index contributed by atoms with van der Waals surface area (Å²) in [7, 11) is 0. The van der Waals surface area contributed by atoms with Gasteiger partial charge in [-0.1, -0.05) is 61.4 Å². The van der Waals surface area contributed by atoms with Crippen LogP contribution in [0.1, 0.15) is 72.4 Å². The average Bonchev–Trinajstić information content (AvgIpc) is 3.28. The van der Waals surface area contributed by atoms with Gasteiger partial charge in [-0.05, 0) is 48.4 Å². The fourth-order valence-electron chi connectivity index (χ4n) is 3.72. The molecule has 0 radical (unpaired) electrons. The van der Waals surface area contributed by atoms with Gasteiger partial charge in [0, 0.05) is 18.7 Å². The lowest BCUT2D eigenvalue weighted by atomic mass is 10.0. The number of nitrogens with one attached hydrogen (secondary N) is 1. The normalized spacial score (nSPS) is 15.2. The first-order chi connectivity index (χ1) is 14.6. The molecular weight excluding hydrogens is 376 g/mol. The van der Waals surface area contributed by atoms with E-state index in [2.05, 4.69) is 34.3 Å². The van der Waals surface area contributed by atoms with Crippen LogP contribution in [0.3, 0.4) is 0 Å². The maximum Gasteiger partial charge on any atom is 0.318 e. The quantitative estimate of drug-likeness (QED) is 0.645. The summed E-state index contributed by atoms with van der Waals surface area (Å²) in [4.78, 5) is 15.1. The molecule has 4 rings (SSSR count). The molecule has 1 aliphatic heterocycles. The zero-order valence-electron chi connectivity index (χ0n) is 17.5. The van der Waals surface area contributed by atoms with Crippen LogP contribution in [0.15, 0.2) is 59.0 Å². The summed E-state index contributed by atoms with van der Waals surface area (Å²) in [5.74, 6) is 0.650. The molecule has 2 aromatic carbocycles. The minimum Gasteiger partial charge on any atom is -0.405 e. The minimum absolute atomic E-state index is 0.170. The summed E-state index contributed by atoms with van der Waals surface area (Å²) >= 11 is 0. The number of piperidine rings is 1. The van der Waals surface area contributed by atoms with Gasteiger partial charge in [-0.15, -0.1) is 5.10 Å². The first-order valence-corrected chi connectivity index (χ1v) is 10.7. The van der Waals surface area contributed by atoms with Gasteiger partial charge in [-0.25, -0.2) is 0 Å². The molecule has 0 unspecified atom stereocenters. The highest BCUT2D eigenvalue weighted by atomic mass is 16.4. The van der Waals surface area contributed by atoms with Gasteiger partial charge in [-0.2, -0.15) is 0 Å². The SMILES string of the molecule is CC(C)c1ccc(C(=O)N[C@@H](c2ccccc2)c2nnc(N3CCCCC3)o2)cc1. The van der Waals surface area contributed by atoms with Gasteiger partial charge in [0.25, 0.3) is 5.91 Å². The largest absolute Gasteiger partial charge is 0.405 e. The molecule has 0 saturated carbocycles. The molecule has 1 aliphatic rings. The van der Waals surface area contributed by atoms with E-state index in [9.17, 15) is 4.79 Å². The maximum atomic E-state index is 13.0. The van der Waals surface area contributed by atoms with E-state index in [0.29, 0.717) is 23.4 Å². The second kappa shape index (κ2) is 9.11.